The molecule has 131 heavy (non-hydrogen) atoms. The number of methoxy groups -OCH3 is 1. The maximum atomic E-state index is 14.0. The third kappa shape index (κ3) is 29.9. The number of carbonyl (C=O) groups excluding carboxylic acids is 6. The molecule has 0 unspecified atom stereocenters. The number of benzene rings is 10. The van der Waals surface area contributed by atoms with Crippen LogP contribution in [0.15, 0.2) is 315 Å². The number of halogens is 1. The Hall–Kier alpha value is -13.7. The molecule has 1 aromatic heterocycles. The van der Waals surface area contributed by atoms with E-state index in [4.69, 9.17) is 43.6 Å². The van der Waals surface area contributed by atoms with Crippen molar-refractivity contribution in [3.63, 3.8) is 0 Å². The number of carbonyl (C=O) groups is 6. The number of hydrogen-bond donors (Lipinski definition) is 12. The number of hydrogen-bond acceptors (Lipinski definition) is 14. The van der Waals surface area contributed by atoms with Crippen molar-refractivity contribution in [3.8, 4) is 17.1 Å². The smallest absolute Gasteiger partial charge is 0.287 e. The summed E-state index contributed by atoms with van der Waals surface area (Å²) >= 11 is 3.50. The molecule has 682 valence electrons. The number of aliphatic imine (C=N–C) groups is 3. The molecule has 26 nitrogen and oxygen atoms in total. The Bertz CT molecular complexity index is 5460. The lowest BCUT2D eigenvalue weighted by molar-refractivity contribution is -0.133. The van der Waals surface area contributed by atoms with Gasteiger partial charge in [0.15, 0.2) is 23.6 Å². The largest absolute Gasteiger partial charge is 0.497 e. The first-order valence-electron chi connectivity index (χ1n) is 44.9. The highest BCUT2D eigenvalue weighted by atomic mass is 79.9. The highest BCUT2D eigenvalue weighted by Crippen LogP contribution is 2.33. The second-order valence-corrected chi connectivity index (χ2v) is 33.9. The van der Waals surface area contributed by atoms with Crippen LogP contribution >= 0.6 is 15.9 Å². The van der Waals surface area contributed by atoms with Crippen molar-refractivity contribution in [3.05, 3.63) is 346 Å². The van der Waals surface area contributed by atoms with Gasteiger partial charge < -0.3 is 90.2 Å². The average molecular weight is 1830 g/mol. The number of ether oxygens (including phenoxy) is 1. The zero-order valence-electron chi connectivity index (χ0n) is 74.1. The van der Waals surface area contributed by atoms with Gasteiger partial charge in [0, 0.05) is 136 Å². The number of nitrogens with two attached hydrogens (primary N) is 6. The predicted molar refractivity (Wildman–Crippen MR) is 525 cm³/mol. The van der Waals surface area contributed by atoms with Gasteiger partial charge in [-0.25, -0.2) is 0 Å². The predicted octanol–water partition coefficient (Wildman–Crippen LogP) is 12.2. The van der Waals surface area contributed by atoms with E-state index in [9.17, 15) is 28.8 Å². The zero-order chi connectivity index (χ0) is 92.1. The molecule has 3 aliphatic rings. The number of amides is 6. The summed E-state index contributed by atoms with van der Waals surface area (Å²) in [6.45, 7) is 5.87. The van der Waals surface area contributed by atoms with Gasteiger partial charge in [0.2, 0.25) is 23.6 Å². The standard InChI is InChI=1S/C35H39BrN6O2.C35H40N6O3.C34H42N6O3/c36-29-16-15-26-20-28(14-13-27(26)21-29)33(43)40-22-30-17-19-42(34(44)32(41-30)12-7-18-39-35(37)38)23-31(24-8-3-1-4-9-24)25-10-5-2-6-11-25;36-35(37)38-21-10-17-30-34(43)41(24-29(25-11-4-1-5-12-25)26-13-6-2-7-14-26)22-20-28(40-30)23-39-33(42)32-19-18-31(44-32)27-15-8-3-9-16-27;1-43-29-15-8-10-25(22-29)17-18-32(41)38-23-28-19-21-40(33(42)31(39-28)16-9-20-37-34(35)36)24-30(26-11-4-2-5-12-26)27-13-6-3-7-14-27/h1-6,8-11,13-16,20-21,30-32,41H,7,12,17-19,22-23H2,(H,40,43)(H4,37,38,39);1-9,11-16,18-19,28-30,40H,10,17,20-24H2,(H,39,42)(H4,36,37,38);2-8,10-15,17-18,22,28,30-31,39H,9,16,19-21,23-24H2,1H3,(H,38,41)(H4,35,36,37)/b;;18-17+/t30-,32-;28-,30-;28-,31-/m000/s1. The van der Waals surface area contributed by atoms with E-state index >= 15 is 0 Å². The lowest BCUT2D eigenvalue weighted by atomic mass is 9.90. The van der Waals surface area contributed by atoms with Crippen molar-refractivity contribution in [2.45, 2.75) is 112 Å². The Labute approximate surface area is 775 Å². The SMILES string of the molecule is COc1cccc(/C=C/C(=O)NC[C@@H]2CCN(CC(c3ccccc3)c3ccccc3)C(=O)[C@H](CCCN=C(N)N)N2)c1.NC(N)=NCCC[C@@H]1N[C@H](CNC(=O)c2ccc(-c3ccccc3)o2)CCN(CC(c2ccccc2)c2ccccc2)C1=O.NC(N)=NCCC[C@@H]1N[C@H](CNC(=O)c2ccc3cc(Br)ccc3c2)CCN(CC(c2ccccc2)c2ccccc2)C1=O. The Balaban J connectivity index is 0.000000178. The summed E-state index contributed by atoms with van der Waals surface area (Å²) in [5.74, 6) is 1.34. The topological polar surface area (TPSA) is 400 Å². The lowest BCUT2D eigenvalue weighted by Gasteiger charge is -2.29. The van der Waals surface area contributed by atoms with Crippen LogP contribution in [-0.4, -0.2) is 190 Å². The van der Waals surface area contributed by atoms with E-state index in [-0.39, 0.29) is 95.0 Å². The van der Waals surface area contributed by atoms with Gasteiger partial charge in [-0.1, -0.05) is 253 Å². The first-order valence-corrected chi connectivity index (χ1v) is 45.7. The number of guanidine groups is 3. The molecule has 3 fully saturated rings. The molecule has 18 N–H and O–H groups in total. The molecular formula is C104H121BrN18O8. The summed E-state index contributed by atoms with van der Waals surface area (Å²) in [4.78, 5) is 99.0. The van der Waals surface area contributed by atoms with Crippen molar-refractivity contribution in [1.82, 2.24) is 46.6 Å². The average Bonchev–Trinajstić information content (AvgIpc) is 1.57. The molecule has 3 saturated heterocycles. The summed E-state index contributed by atoms with van der Waals surface area (Å²) in [5.41, 5.74) is 42.4. The first-order chi connectivity index (χ1) is 63.8. The molecule has 0 radical (unpaired) electrons. The van der Waals surface area contributed by atoms with Crippen molar-refractivity contribution in [2.24, 2.45) is 49.4 Å². The van der Waals surface area contributed by atoms with Crippen LogP contribution in [0.5, 0.6) is 5.75 Å². The van der Waals surface area contributed by atoms with Crippen LogP contribution < -0.4 is 71.0 Å². The van der Waals surface area contributed by atoms with E-state index in [1.807, 2.05) is 215 Å². The summed E-state index contributed by atoms with van der Waals surface area (Å²) in [6, 6.07) is 92.6. The summed E-state index contributed by atoms with van der Waals surface area (Å²) in [7, 11) is 1.61. The van der Waals surface area contributed by atoms with Crippen molar-refractivity contribution < 1.29 is 37.9 Å². The quantitative estimate of drug-likeness (QED) is 0.00751. The normalized spacial score (nSPS) is 17.0. The van der Waals surface area contributed by atoms with Crippen LogP contribution in [0.4, 0.5) is 0 Å². The molecule has 3 aliphatic heterocycles. The molecule has 0 saturated carbocycles. The highest BCUT2D eigenvalue weighted by molar-refractivity contribution is 9.10. The van der Waals surface area contributed by atoms with Crippen LogP contribution in [-0.2, 0) is 19.2 Å². The van der Waals surface area contributed by atoms with Gasteiger partial charge in [0.25, 0.3) is 11.8 Å². The minimum absolute atomic E-state index is 0.0256. The molecule has 27 heteroatoms. The minimum atomic E-state index is -0.436. The summed E-state index contributed by atoms with van der Waals surface area (Å²) in [6.07, 6.45) is 9.03. The van der Waals surface area contributed by atoms with Gasteiger partial charge >= 0.3 is 0 Å². The second-order valence-electron chi connectivity index (χ2n) is 32.9. The third-order valence-electron chi connectivity index (χ3n) is 23.7. The Kier molecular flexibility index (Phi) is 37.0. The molecule has 0 bridgehead atoms. The maximum Gasteiger partial charge on any atom is 0.287 e. The summed E-state index contributed by atoms with van der Waals surface area (Å²) < 4.78 is 12.1. The number of furan rings is 1. The number of nitrogens with one attached hydrogen (secondary N) is 6. The Morgan fingerprint density at radius 3 is 1.19 bits per heavy atom. The van der Waals surface area contributed by atoms with Crippen LogP contribution in [0, 0.1) is 0 Å². The third-order valence-corrected chi connectivity index (χ3v) is 24.1. The Morgan fingerprint density at radius 1 is 0.435 bits per heavy atom. The van der Waals surface area contributed by atoms with Gasteiger partial charge in [0.1, 0.15) is 11.5 Å². The number of rotatable bonds is 36. The van der Waals surface area contributed by atoms with Gasteiger partial charge in [-0.2, -0.15) is 0 Å². The number of nitrogens with zero attached hydrogens (tertiary/aromatic N) is 6. The molecule has 6 amide bonds. The second kappa shape index (κ2) is 50.3. The fourth-order valence-corrected chi connectivity index (χ4v) is 17.2. The van der Waals surface area contributed by atoms with E-state index in [0.717, 1.165) is 54.4 Å². The molecule has 6 atom stereocenters. The summed E-state index contributed by atoms with van der Waals surface area (Å²) in [5, 5.41) is 21.8. The zero-order valence-corrected chi connectivity index (χ0v) is 75.7. The van der Waals surface area contributed by atoms with E-state index in [0.29, 0.717) is 148 Å². The molecule has 11 aromatic rings. The maximum absolute atomic E-state index is 14.0. The molecule has 0 aliphatic carbocycles. The van der Waals surface area contributed by atoms with Crippen molar-refractivity contribution in [1.29, 1.82) is 0 Å². The molecule has 0 spiro atoms. The van der Waals surface area contributed by atoms with Gasteiger partial charge in [0.05, 0.1) is 25.2 Å². The Morgan fingerprint density at radius 2 is 0.802 bits per heavy atom. The van der Waals surface area contributed by atoms with E-state index in [1.165, 1.54) is 17.2 Å². The van der Waals surface area contributed by atoms with Crippen LogP contribution in [0.3, 0.4) is 0 Å². The van der Waals surface area contributed by atoms with Gasteiger partial charge in [-0.05, 0) is 162 Å². The monoisotopic (exact) mass is 1830 g/mol. The molecule has 10 aromatic carbocycles. The molecule has 4 heterocycles. The fraction of sp³-hybridized carbons (Fsp3) is 0.298. The van der Waals surface area contributed by atoms with E-state index in [2.05, 4.69) is 136 Å². The fourth-order valence-electron chi connectivity index (χ4n) is 16.8. The van der Waals surface area contributed by atoms with Gasteiger partial charge in [-0.15, -0.1) is 0 Å². The van der Waals surface area contributed by atoms with Crippen LogP contribution in [0.25, 0.3) is 28.2 Å². The highest BCUT2D eigenvalue weighted by Gasteiger charge is 2.37. The van der Waals surface area contributed by atoms with E-state index < -0.39 is 18.1 Å². The van der Waals surface area contributed by atoms with Gasteiger partial charge in [-0.3, -0.25) is 43.7 Å². The number of fused-ring (bicyclic) bond motifs is 1. The van der Waals surface area contributed by atoms with Crippen molar-refractivity contribution >= 4 is 86.1 Å². The van der Waals surface area contributed by atoms with Crippen LogP contribution in [0.2, 0.25) is 0 Å². The van der Waals surface area contributed by atoms with E-state index in [1.54, 1.807) is 25.3 Å². The molecular weight excluding hydrogens is 1710 g/mol. The van der Waals surface area contributed by atoms with Crippen molar-refractivity contribution in [2.75, 3.05) is 85.6 Å². The lowest BCUT2D eigenvalue weighted by Crippen LogP contribution is -2.49. The molecule has 14 rings (SSSR count). The minimum Gasteiger partial charge on any atom is -0.497 e. The first kappa shape index (κ1) is 96.4. The van der Waals surface area contributed by atoms with Crippen LogP contribution in [0.1, 0.15) is 135 Å².